The Balaban J connectivity index is 3.02. The zero-order chi connectivity index (χ0) is 8.97. The molecule has 66 valence electrons. The molecule has 3 nitrogen and oxygen atoms in total. The second kappa shape index (κ2) is 3.90. The highest BCUT2D eigenvalue weighted by Gasteiger charge is 2.09. The SMILES string of the molecule is CCOc1c(F)cncc1OC. The Bertz CT molecular complexity index is 265. The van der Waals surface area contributed by atoms with E-state index >= 15 is 0 Å². The van der Waals surface area contributed by atoms with Crippen LogP contribution in [0.15, 0.2) is 12.4 Å². The molecule has 1 aromatic heterocycles. The maximum atomic E-state index is 13.0. The van der Waals surface area contributed by atoms with Crippen LogP contribution in [0.25, 0.3) is 0 Å². The van der Waals surface area contributed by atoms with Crippen LogP contribution in [0.2, 0.25) is 0 Å². The summed E-state index contributed by atoms with van der Waals surface area (Å²) < 4.78 is 22.8. The van der Waals surface area contributed by atoms with Gasteiger partial charge in [-0.25, -0.2) is 4.39 Å². The number of rotatable bonds is 3. The first-order chi connectivity index (χ1) is 5.79. The third kappa shape index (κ3) is 1.64. The van der Waals surface area contributed by atoms with Gasteiger partial charge in [0.2, 0.25) is 0 Å². The molecule has 0 aliphatic carbocycles. The molecule has 0 radical (unpaired) electrons. The lowest BCUT2D eigenvalue weighted by Gasteiger charge is -2.08. The van der Waals surface area contributed by atoms with E-state index in [2.05, 4.69) is 4.98 Å². The summed E-state index contributed by atoms with van der Waals surface area (Å²) in [4.78, 5) is 3.62. The average Bonchev–Trinajstić information content (AvgIpc) is 2.09. The second-order valence-corrected chi connectivity index (χ2v) is 2.09. The fraction of sp³-hybridized carbons (Fsp3) is 0.375. The number of hydrogen-bond donors (Lipinski definition) is 0. The first kappa shape index (κ1) is 8.77. The summed E-state index contributed by atoms with van der Waals surface area (Å²) in [5, 5.41) is 0. The van der Waals surface area contributed by atoms with Crippen molar-refractivity contribution in [3.63, 3.8) is 0 Å². The first-order valence-corrected chi connectivity index (χ1v) is 3.60. The highest BCUT2D eigenvalue weighted by atomic mass is 19.1. The molecular formula is C8H10FNO2. The lowest BCUT2D eigenvalue weighted by atomic mass is 10.4. The highest BCUT2D eigenvalue weighted by Crippen LogP contribution is 2.28. The lowest BCUT2D eigenvalue weighted by molar-refractivity contribution is 0.293. The van der Waals surface area contributed by atoms with Gasteiger partial charge in [0.25, 0.3) is 0 Å². The molecule has 0 unspecified atom stereocenters. The van der Waals surface area contributed by atoms with Crippen LogP contribution in [-0.2, 0) is 0 Å². The number of nitrogens with zero attached hydrogens (tertiary/aromatic N) is 1. The quantitative estimate of drug-likeness (QED) is 0.692. The van der Waals surface area contributed by atoms with Crippen LogP contribution in [0, 0.1) is 5.82 Å². The molecule has 0 aliphatic heterocycles. The average molecular weight is 171 g/mol. The maximum absolute atomic E-state index is 13.0. The van der Waals surface area contributed by atoms with E-state index in [0.717, 1.165) is 6.20 Å². The van der Waals surface area contributed by atoms with Gasteiger partial charge >= 0.3 is 0 Å². The molecule has 1 rings (SSSR count). The van der Waals surface area contributed by atoms with Gasteiger partial charge in [-0.1, -0.05) is 0 Å². The van der Waals surface area contributed by atoms with Crippen molar-refractivity contribution in [2.24, 2.45) is 0 Å². The minimum absolute atomic E-state index is 0.120. The van der Waals surface area contributed by atoms with E-state index in [1.807, 2.05) is 0 Å². The van der Waals surface area contributed by atoms with E-state index in [1.165, 1.54) is 13.3 Å². The van der Waals surface area contributed by atoms with Crippen molar-refractivity contribution in [1.82, 2.24) is 4.98 Å². The van der Waals surface area contributed by atoms with E-state index in [4.69, 9.17) is 9.47 Å². The highest BCUT2D eigenvalue weighted by molar-refractivity contribution is 5.37. The Morgan fingerprint density at radius 2 is 2.25 bits per heavy atom. The normalized spacial score (nSPS) is 9.58. The summed E-state index contributed by atoms with van der Waals surface area (Å²) in [6.45, 7) is 2.18. The lowest BCUT2D eigenvalue weighted by Crippen LogP contribution is -1.98. The summed E-state index contributed by atoms with van der Waals surface area (Å²) in [5.74, 6) is -0.0666. The molecule has 0 saturated carbocycles. The predicted octanol–water partition coefficient (Wildman–Crippen LogP) is 1.63. The van der Waals surface area contributed by atoms with Crippen LogP contribution in [0.3, 0.4) is 0 Å². The summed E-state index contributed by atoms with van der Waals surface area (Å²) >= 11 is 0. The van der Waals surface area contributed by atoms with Crippen molar-refractivity contribution < 1.29 is 13.9 Å². The van der Waals surface area contributed by atoms with Gasteiger partial charge in [-0.2, -0.15) is 0 Å². The summed E-state index contributed by atoms with van der Waals surface area (Å²) in [7, 11) is 1.44. The molecule has 0 atom stereocenters. The Morgan fingerprint density at radius 3 is 2.83 bits per heavy atom. The Kier molecular flexibility index (Phi) is 2.85. The van der Waals surface area contributed by atoms with E-state index in [-0.39, 0.29) is 5.75 Å². The van der Waals surface area contributed by atoms with Crippen molar-refractivity contribution in [1.29, 1.82) is 0 Å². The fourth-order valence-corrected chi connectivity index (χ4v) is 0.835. The fourth-order valence-electron chi connectivity index (χ4n) is 0.835. The van der Waals surface area contributed by atoms with Gasteiger partial charge in [-0.15, -0.1) is 0 Å². The van der Waals surface area contributed by atoms with Crippen LogP contribution in [0.5, 0.6) is 11.5 Å². The molecule has 12 heavy (non-hydrogen) atoms. The van der Waals surface area contributed by atoms with Gasteiger partial charge < -0.3 is 9.47 Å². The van der Waals surface area contributed by atoms with Crippen LogP contribution in [-0.4, -0.2) is 18.7 Å². The number of ether oxygens (including phenoxy) is 2. The summed E-state index contributed by atoms with van der Waals surface area (Å²) in [6, 6.07) is 0. The van der Waals surface area contributed by atoms with Gasteiger partial charge in [0, 0.05) is 0 Å². The van der Waals surface area contributed by atoms with Crippen LogP contribution in [0.4, 0.5) is 4.39 Å². The van der Waals surface area contributed by atoms with Crippen molar-refractivity contribution in [3.8, 4) is 11.5 Å². The van der Waals surface area contributed by atoms with Crippen molar-refractivity contribution in [2.75, 3.05) is 13.7 Å². The number of halogens is 1. The van der Waals surface area contributed by atoms with Gasteiger partial charge in [-0.05, 0) is 6.92 Å². The van der Waals surface area contributed by atoms with Crippen LogP contribution in [0.1, 0.15) is 6.92 Å². The first-order valence-electron chi connectivity index (χ1n) is 3.60. The number of aromatic nitrogens is 1. The molecule has 0 aromatic carbocycles. The van der Waals surface area contributed by atoms with Gasteiger partial charge in [0.05, 0.1) is 26.1 Å². The van der Waals surface area contributed by atoms with E-state index in [9.17, 15) is 4.39 Å². The molecule has 0 amide bonds. The zero-order valence-electron chi connectivity index (χ0n) is 7.00. The zero-order valence-corrected chi connectivity index (χ0v) is 7.00. The van der Waals surface area contributed by atoms with Gasteiger partial charge in [-0.3, -0.25) is 4.98 Å². The van der Waals surface area contributed by atoms with Crippen LogP contribution < -0.4 is 9.47 Å². The molecule has 0 bridgehead atoms. The van der Waals surface area contributed by atoms with E-state index in [1.54, 1.807) is 6.92 Å². The Labute approximate surface area is 70.1 Å². The summed E-state index contributed by atoms with van der Waals surface area (Å²) in [5.41, 5.74) is 0. The molecule has 0 N–H and O–H groups in total. The van der Waals surface area contributed by atoms with Gasteiger partial charge in [0.1, 0.15) is 0 Å². The molecule has 1 heterocycles. The van der Waals surface area contributed by atoms with Crippen LogP contribution >= 0.6 is 0 Å². The van der Waals surface area contributed by atoms with E-state index < -0.39 is 5.82 Å². The van der Waals surface area contributed by atoms with Gasteiger partial charge in [0.15, 0.2) is 17.3 Å². The molecule has 0 aliphatic rings. The van der Waals surface area contributed by atoms with E-state index in [0.29, 0.717) is 12.4 Å². The maximum Gasteiger partial charge on any atom is 0.200 e. The number of hydrogen-bond acceptors (Lipinski definition) is 3. The number of pyridine rings is 1. The molecule has 1 aromatic rings. The topological polar surface area (TPSA) is 31.4 Å². The smallest absolute Gasteiger partial charge is 0.200 e. The molecule has 4 heteroatoms. The minimum atomic E-state index is -0.504. The standard InChI is InChI=1S/C8H10FNO2/c1-3-12-8-6(9)4-10-5-7(8)11-2/h4-5H,3H2,1-2H3. The summed E-state index contributed by atoms with van der Waals surface area (Å²) in [6.07, 6.45) is 2.50. The third-order valence-corrected chi connectivity index (χ3v) is 1.33. The third-order valence-electron chi connectivity index (χ3n) is 1.33. The molecule has 0 spiro atoms. The Hall–Kier alpha value is -1.32. The Morgan fingerprint density at radius 1 is 1.50 bits per heavy atom. The van der Waals surface area contributed by atoms with Crippen molar-refractivity contribution >= 4 is 0 Å². The largest absolute Gasteiger partial charge is 0.491 e. The number of methoxy groups -OCH3 is 1. The van der Waals surface area contributed by atoms with Crippen molar-refractivity contribution in [3.05, 3.63) is 18.2 Å². The molecule has 0 fully saturated rings. The molecular weight excluding hydrogens is 161 g/mol. The monoisotopic (exact) mass is 171 g/mol. The predicted molar refractivity (Wildman–Crippen MR) is 41.9 cm³/mol. The molecule has 0 saturated heterocycles. The van der Waals surface area contributed by atoms with Crippen molar-refractivity contribution in [2.45, 2.75) is 6.92 Å². The second-order valence-electron chi connectivity index (χ2n) is 2.09. The minimum Gasteiger partial charge on any atom is -0.491 e.